The zero-order valence-electron chi connectivity index (χ0n) is 18.5. The predicted octanol–water partition coefficient (Wildman–Crippen LogP) is 2.58. The van der Waals surface area contributed by atoms with Crippen molar-refractivity contribution in [1.29, 1.82) is 0 Å². The van der Waals surface area contributed by atoms with Crippen LogP contribution < -0.4 is 0 Å². The third kappa shape index (κ3) is 4.92. The third-order valence-corrected chi connectivity index (χ3v) is 5.62. The Morgan fingerprint density at radius 3 is 2.29 bits per heavy atom. The van der Waals surface area contributed by atoms with E-state index in [1.165, 1.54) is 33.4 Å². The molecule has 0 amide bonds. The summed E-state index contributed by atoms with van der Waals surface area (Å²) in [5.74, 6) is -1.73. The molecule has 1 aliphatic heterocycles. The molecule has 34 heavy (non-hydrogen) atoms. The van der Waals surface area contributed by atoms with Crippen molar-refractivity contribution in [3.05, 3.63) is 41.4 Å². The number of rotatable bonds is 6. The van der Waals surface area contributed by atoms with Crippen LogP contribution in [0.25, 0.3) is 22.4 Å². The van der Waals surface area contributed by atoms with Gasteiger partial charge in [-0.05, 0) is 12.1 Å². The molecule has 3 aromatic rings. The first-order valence-corrected chi connectivity index (χ1v) is 11.1. The zero-order valence-corrected chi connectivity index (χ0v) is 20.1. The molecule has 1 fully saturated rings. The van der Waals surface area contributed by atoms with Crippen LogP contribution in [0.3, 0.4) is 0 Å². The SMILES string of the molecule is CC(=O)OC[C@H]1O[C@@H](n2cnc3c(-c4ccc(Br)cc4)ncnc32)C(OC(C)=O)C1OC(C)=O. The zero-order chi connectivity index (χ0) is 24.4. The summed E-state index contributed by atoms with van der Waals surface area (Å²) < 4.78 is 24.6. The summed E-state index contributed by atoms with van der Waals surface area (Å²) in [5, 5.41) is 0. The number of halogens is 1. The lowest BCUT2D eigenvalue weighted by Crippen LogP contribution is -2.40. The third-order valence-electron chi connectivity index (χ3n) is 5.09. The molecule has 0 radical (unpaired) electrons. The van der Waals surface area contributed by atoms with Gasteiger partial charge in [0.05, 0.1) is 6.33 Å². The number of ether oxygens (including phenoxy) is 4. The topological polar surface area (TPSA) is 132 Å². The molecule has 0 bridgehead atoms. The second-order valence-corrected chi connectivity index (χ2v) is 8.48. The molecule has 178 valence electrons. The summed E-state index contributed by atoms with van der Waals surface area (Å²) in [7, 11) is 0. The molecular weight excluding hydrogens is 512 g/mol. The average molecular weight is 533 g/mol. The van der Waals surface area contributed by atoms with Crippen molar-refractivity contribution in [3.8, 4) is 11.3 Å². The number of fused-ring (bicyclic) bond motifs is 1. The molecule has 4 atom stereocenters. The highest BCUT2D eigenvalue weighted by molar-refractivity contribution is 9.10. The summed E-state index contributed by atoms with van der Waals surface area (Å²) in [4.78, 5) is 48.2. The maximum absolute atomic E-state index is 11.9. The molecule has 2 unspecified atom stereocenters. The second-order valence-electron chi connectivity index (χ2n) is 7.57. The number of esters is 3. The highest BCUT2D eigenvalue weighted by atomic mass is 79.9. The van der Waals surface area contributed by atoms with Crippen LogP contribution in [0.2, 0.25) is 0 Å². The first-order chi connectivity index (χ1) is 16.2. The normalized spacial score (nSPS) is 21.9. The Balaban J connectivity index is 1.76. The molecule has 0 N–H and O–H groups in total. The molecule has 0 spiro atoms. The Hall–Kier alpha value is -3.38. The fourth-order valence-electron chi connectivity index (χ4n) is 3.77. The van der Waals surface area contributed by atoms with Gasteiger partial charge in [-0.25, -0.2) is 15.0 Å². The quantitative estimate of drug-likeness (QED) is 0.344. The molecule has 11 nitrogen and oxygen atoms in total. The van der Waals surface area contributed by atoms with E-state index < -0.39 is 42.4 Å². The molecular formula is C22H21BrN4O7. The van der Waals surface area contributed by atoms with Crippen molar-refractivity contribution in [2.75, 3.05) is 6.61 Å². The monoisotopic (exact) mass is 532 g/mol. The maximum Gasteiger partial charge on any atom is 0.303 e. The molecule has 3 heterocycles. The summed E-state index contributed by atoms with van der Waals surface area (Å²) in [6.07, 6.45) is -1.00. The standard InChI is InChI=1S/C22H21BrN4O7/c1-11(28)31-8-16-19(32-12(2)29)20(33-13(3)30)22(34-16)27-10-26-18-17(24-9-25-21(18)27)14-4-6-15(23)7-5-14/h4-7,9-10,16,19-20,22H,8H2,1-3H3/t16-,19?,20?,22-/m1/s1. The van der Waals surface area contributed by atoms with E-state index in [1.54, 1.807) is 4.57 Å². The Labute approximate surface area is 202 Å². The number of imidazole rings is 1. The van der Waals surface area contributed by atoms with Crippen LogP contribution in [0.5, 0.6) is 0 Å². The van der Waals surface area contributed by atoms with E-state index in [2.05, 4.69) is 30.9 Å². The predicted molar refractivity (Wildman–Crippen MR) is 120 cm³/mol. The fourth-order valence-corrected chi connectivity index (χ4v) is 4.04. The van der Waals surface area contributed by atoms with E-state index in [4.69, 9.17) is 18.9 Å². The van der Waals surface area contributed by atoms with Gasteiger partial charge in [-0.3, -0.25) is 19.0 Å². The minimum absolute atomic E-state index is 0.201. The highest BCUT2D eigenvalue weighted by Crippen LogP contribution is 2.37. The van der Waals surface area contributed by atoms with E-state index in [1.807, 2.05) is 24.3 Å². The van der Waals surface area contributed by atoms with Gasteiger partial charge in [0.15, 0.2) is 24.1 Å². The van der Waals surface area contributed by atoms with Crippen LogP contribution in [0.4, 0.5) is 0 Å². The Bertz CT molecular complexity index is 1230. The largest absolute Gasteiger partial charge is 0.463 e. The Morgan fingerprint density at radius 1 is 0.971 bits per heavy atom. The van der Waals surface area contributed by atoms with Gasteiger partial charge in [0.1, 0.15) is 30.2 Å². The van der Waals surface area contributed by atoms with Gasteiger partial charge in [0.2, 0.25) is 0 Å². The van der Waals surface area contributed by atoms with Crippen molar-refractivity contribution < 1.29 is 33.3 Å². The molecule has 12 heteroatoms. The first-order valence-electron chi connectivity index (χ1n) is 10.3. The molecule has 1 aliphatic rings. The lowest BCUT2D eigenvalue weighted by atomic mass is 10.1. The first kappa shape index (κ1) is 23.8. The van der Waals surface area contributed by atoms with Crippen molar-refractivity contribution in [2.45, 2.75) is 45.3 Å². The van der Waals surface area contributed by atoms with E-state index >= 15 is 0 Å². The number of carbonyl (C=O) groups excluding carboxylic acids is 3. The Morgan fingerprint density at radius 2 is 1.65 bits per heavy atom. The van der Waals surface area contributed by atoms with Crippen LogP contribution >= 0.6 is 15.9 Å². The van der Waals surface area contributed by atoms with Gasteiger partial charge in [0.25, 0.3) is 0 Å². The van der Waals surface area contributed by atoms with Gasteiger partial charge in [-0.15, -0.1) is 0 Å². The highest BCUT2D eigenvalue weighted by Gasteiger charge is 2.51. The minimum Gasteiger partial charge on any atom is -0.463 e. The lowest BCUT2D eigenvalue weighted by Gasteiger charge is -2.23. The van der Waals surface area contributed by atoms with Crippen molar-refractivity contribution in [1.82, 2.24) is 19.5 Å². The summed E-state index contributed by atoms with van der Waals surface area (Å²) in [6, 6.07) is 7.57. The number of aromatic nitrogens is 4. The minimum atomic E-state index is -1.04. The number of hydrogen-bond donors (Lipinski definition) is 0. The Kier molecular flexibility index (Phi) is 6.89. The van der Waals surface area contributed by atoms with Crippen molar-refractivity contribution >= 4 is 45.0 Å². The summed E-state index contributed by atoms with van der Waals surface area (Å²) >= 11 is 3.41. The summed E-state index contributed by atoms with van der Waals surface area (Å²) in [6.45, 7) is 3.51. The van der Waals surface area contributed by atoms with Crippen LogP contribution in [0, 0.1) is 0 Å². The number of nitrogens with zero attached hydrogens (tertiary/aromatic N) is 4. The molecule has 0 saturated carbocycles. The number of benzene rings is 1. The maximum atomic E-state index is 11.9. The second kappa shape index (κ2) is 9.85. The summed E-state index contributed by atoms with van der Waals surface area (Å²) in [5.41, 5.74) is 2.36. The van der Waals surface area contributed by atoms with E-state index in [-0.39, 0.29) is 6.61 Å². The van der Waals surface area contributed by atoms with E-state index in [9.17, 15) is 14.4 Å². The van der Waals surface area contributed by atoms with Crippen LogP contribution in [-0.4, -0.2) is 62.3 Å². The van der Waals surface area contributed by atoms with Gasteiger partial charge in [0, 0.05) is 30.8 Å². The van der Waals surface area contributed by atoms with Gasteiger partial charge < -0.3 is 18.9 Å². The smallest absolute Gasteiger partial charge is 0.303 e. The van der Waals surface area contributed by atoms with Crippen molar-refractivity contribution in [3.63, 3.8) is 0 Å². The molecule has 1 saturated heterocycles. The molecule has 4 rings (SSSR count). The van der Waals surface area contributed by atoms with Gasteiger partial charge in [-0.2, -0.15) is 0 Å². The lowest BCUT2D eigenvalue weighted by molar-refractivity contribution is -0.166. The van der Waals surface area contributed by atoms with Gasteiger partial charge in [-0.1, -0.05) is 28.1 Å². The van der Waals surface area contributed by atoms with Gasteiger partial charge >= 0.3 is 17.9 Å². The average Bonchev–Trinajstić information content (AvgIpc) is 3.34. The van der Waals surface area contributed by atoms with Crippen LogP contribution in [0.1, 0.15) is 27.0 Å². The number of carbonyl (C=O) groups is 3. The molecule has 2 aromatic heterocycles. The van der Waals surface area contributed by atoms with E-state index in [0.717, 1.165) is 10.0 Å². The molecule has 1 aromatic carbocycles. The molecule has 0 aliphatic carbocycles. The number of hydrogen-bond acceptors (Lipinski definition) is 10. The fraction of sp³-hybridized carbons (Fsp3) is 0.364. The van der Waals surface area contributed by atoms with E-state index in [0.29, 0.717) is 16.9 Å². The van der Waals surface area contributed by atoms with Crippen molar-refractivity contribution in [2.24, 2.45) is 0 Å². The van der Waals surface area contributed by atoms with Crippen LogP contribution in [-0.2, 0) is 33.3 Å². The van der Waals surface area contributed by atoms with Crippen LogP contribution in [0.15, 0.2) is 41.4 Å².